The van der Waals surface area contributed by atoms with Gasteiger partial charge >= 0.3 is 0 Å². The third-order valence-corrected chi connectivity index (χ3v) is 2.47. The van der Waals surface area contributed by atoms with Crippen LogP contribution >= 0.6 is 15.9 Å². The van der Waals surface area contributed by atoms with Crippen molar-refractivity contribution in [2.75, 3.05) is 6.54 Å². The zero-order valence-corrected chi connectivity index (χ0v) is 10.3. The lowest BCUT2D eigenvalue weighted by atomic mass is 10.1. The zero-order valence-electron chi connectivity index (χ0n) is 8.73. The van der Waals surface area contributed by atoms with Crippen molar-refractivity contribution in [3.05, 3.63) is 34.3 Å². The number of benzene rings is 1. The Kier molecular flexibility index (Phi) is 4.22. The first-order valence-electron chi connectivity index (χ1n) is 4.79. The molecule has 0 fully saturated rings. The summed E-state index contributed by atoms with van der Waals surface area (Å²) in [7, 11) is 0. The third-order valence-electron chi connectivity index (χ3n) is 1.98. The smallest absolute Gasteiger partial charge is 0.285 e. The van der Waals surface area contributed by atoms with E-state index in [1.807, 2.05) is 13.8 Å². The molecule has 0 atom stereocenters. The van der Waals surface area contributed by atoms with E-state index >= 15 is 0 Å². The summed E-state index contributed by atoms with van der Waals surface area (Å²) in [6, 6.07) is 6.29. The molecule has 4 heteroatoms. The lowest BCUT2D eigenvalue weighted by Gasteiger charge is -2.19. The molecule has 15 heavy (non-hydrogen) atoms. The second kappa shape index (κ2) is 5.03. The molecule has 0 saturated carbocycles. The van der Waals surface area contributed by atoms with E-state index in [4.69, 9.17) is 0 Å². The van der Waals surface area contributed by atoms with E-state index in [1.54, 1.807) is 12.1 Å². The van der Waals surface area contributed by atoms with Gasteiger partial charge in [0.15, 0.2) is 0 Å². The molecule has 84 valence electrons. The van der Waals surface area contributed by atoms with Crippen molar-refractivity contribution < 1.29 is 8.78 Å². The van der Waals surface area contributed by atoms with Crippen molar-refractivity contribution >= 4 is 15.9 Å². The molecule has 0 aromatic heterocycles. The van der Waals surface area contributed by atoms with E-state index in [2.05, 4.69) is 21.2 Å². The van der Waals surface area contributed by atoms with Gasteiger partial charge in [0.05, 0.1) is 6.54 Å². The number of hydrogen-bond acceptors (Lipinski definition) is 1. The Labute approximate surface area is 97.0 Å². The fourth-order valence-electron chi connectivity index (χ4n) is 1.15. The summed E-state index contributed by atoms with van der Waals surface area (Å²) in [6.07, 6.45) is 0. The van der Waals surface area contributed by atoms with Gasteiger partial charge in [-0.3, -0.25) is 0 Å². The second-order valence-corrected chi connectivity index (χ2v) is 4.67. The van der Waals surface area contributed by atoms with Crippen LogP contribution in [0.3, 0.4) is 0 Å². The molecule has 0 unspecified atom stereocenters. The van der Waals surface area contributed by atoms with Crippen molar-refractivity contribution in [2.45, 2.75) is 25.8 Å². The van der Waals surface area contributed by atoms with Gasteiger partial charge in [0.25, 0.3) is 5.92 Å². The van der Waals surface area contributed by atoms with Gasteiger partial charge in [-0.25, -0.2) is 0 Å². The highest BCUT2D eigenvalue weighted by Crippen LogP contribution is 2.28. The van der Waals surface area contributed by atoms with Gasteiger partial charge in [0.1, 0.15) is 0 Å². The fraction of sp³-hybridized carbons (Fsp3) is 0.455. The predicted octanol–water partition coefficient (Wildman–Crippen LogP) is 3.54. The van der Waals surface area contributed by atoms with Gasteiger partial charge < -0.3 is 5.32 Å². The molecule has 1 aromatic carbocycles. The molecule has 0 amide bonds. The third kappa shape index (κ3) is 3.87. The van der Waals surface area contributed by atoms with Crippen molar-refractivity contribution in [1.29, 1.82) is 0 Å². The first kappa shape index (κ1) is 12.6. The zero-order chi connectivity index (χ0) is 11.5. The maximum absolute atomic E-state index is 13.6. The number of hydrogen-bond donors (Lipinski definition) is 1. The highest BCUT2D eigenvalue weighted by molar-refractivity contribution is 9.10. The van der Waals surface area contributed by atoms with Gasteiger partial charge in [0, 0.05) is 16.1 Å². The average Bonchev–Trinajstić information content (AvgIpc) is 2.15. The number of rotatable bonds is 4. The minimum atomic E-state index is -2.83. The van der Waals surface area contributed by atoms with E-state index in [9.17, 15) is 8.78 Å². The Morgan fingerprint density at radius 3 is 2.60 bits per heavy atom. The van der Waals surface area contributed by atoms with Crippen LogP contribution in [-0.4, -0.2) is 12.6 Å². The minimum absolute atomic E-state index is 0.0324. The number of alkyl halides is 2. The summed E-state index contributed by atoms with van der Waals surface area (Å²) in [5.41, 5.74) is 0.0324. The van der Waals surface area contributed by atoms with Crippen LogP contribution in [0.4, 0.5) is 8.78 Å². The first-order chi connectivity index (χ1) is 6.92. The van der Waals surface area contributed by atoms with Crippen LogP contribution in [-0.2, 0) is 5.92 Å². The topological polar surface area (TPSA) is 12.0 Å². The molecule has 1 aromatic rings. The molecule has 0 saturated heterocycles. The largest absolute Gasteiger partial charge is 0.309 e. The Balaban J connectivity index is 2.76. The van der Waals surface area contributed by atoms with Gasteiger partial charge in [-0.1, -0.05) is 41.9 Å². The van der Waals surface area contributed by atoms with Crippen LogP contribution < -0.4 is 5.32 Å². The molecule has 0 bridgehead atoms. The molecule has 0 aliphatic heterocycles. The molecule has 1 N–H and O–H groups in total. The maximum Gasteiger partial charge on any atom is 0.285 e. The summed E-state index contributed by atoms with van der Waals surface area (Å²) in [6.45, 7) is 3.36. The summed E-state index contributed by atoms with van der Waals surface area (Å²) < 4.78 is 27.9. The van der Waals surface area contributed by atoms with Gasteiger partial charge in [-0.15, -0.1) is 0 Å². The standard InChI is InChI=1S/C11H14BrF2N/c1-8(2)15-7-11(13,14)9-4-3-5-10(12)6-9/h3-6,8,15H,7H2,1-2H3. The maximum atomic E-state index is 13.6. The molecular weight excluding hydrogens is 264 g/mol. The Morgan fingerprint density at radius 2 is 2.07 bits per heavy atom. The highest BCUT2D eigenvalue weighted by atomic mass is 79.9. The molecule has 0 radical (unpaired) electrons. The molecule has 0 aliphatic carbocycles. The van der Waals surface area contributed by atoms with Crippen LogP contribution in [0.5, 0.6) is 0 Å². The van der Waals surface area contributed by atoms with Gasteiger partial charge in [-0.05, 0) is 12.1 Å². The van der Waals surface area contributed by atoms with Crippen molar-refractivity contribution in [3.63, 3.8) is 0 Å². The van der Waals surface area contributed by atoms with Crippen LogP contribution in [0.15, 0.2) is 28.7 Å². The fourth-order valence-corrected chi connectivity index (χ4v) is 1.55. The first-order valence-corrected chi connectivity index (χ1v) is 5.58. The van der Waals surface area contributed by atoms with Gasteiger partial charge in [0.2, 0.25) is 0 Å². The highest BCUT2D eigenvalue weighted by Gasteiger charge is 2.31. The molecule has 0 heterocycles. The summed E-state index contributed by atoms with van der Waals surface area (Å²) in [5.74, 6) is -2.83. The number of nitrogens with one attached hydrogen (secondary N) is 1. The Hall–Kier alpha value is -0.480. The van der Waals surface area contributed by atoms with Gasteiger partial charge in [-0.2, -0.15) is 8.78 Å². The predicted molar refractivity (Wildman–Crippen MR) is 61.2 cm³/mol. The van der Waals surface area contributed by atoms with Crippen molar-refractivity contribution in [3.8, 4) is 0 Å². The summed E-state index contributed by atoms with van der Waals surface area (Å²) >= 11 is 3.18. The minimum Gasteiger partial charge on any atom is -0.309 e. The van der Waals surface area contributed by atoms with Crippen LogP contribution in [0.25, 0.3) is 0 Å². The molecular formula is C11H14BrF2N. The molecule has 0 aliphatic rings. The number of halogens is 3. The molecule has 1 nitrogen and oxygen atoms in total. The normalized spacial score (nSPS) is 12.1. The van der Waals surface area contributed by atoms with E-state index in [1.165, 1.54) is 12.1 Å². The quantitative estimate of drug-likeness (QED) is 0.888. The van der Waals surface area contributed by atoms with E-state index in [0.29, 0.717) is 4.47 Å². The van der Waals surface area contributed by atoms with E-state index < -0.39 is 5.92 Å². The van der Waals surface area contributed by atoms with Crippen LogP contribution in [0, 0.1) is 0 Å². The van der Waals surface area contributed by atoms with E-state index in [-0.39, 0.29) is 18.2 Å². The SMILES string of the molecule is CC(C)NCC(F)(F)c1cccc(Br)c1. The van der Waals surface area contributed by atoms with E-state index in [0.717, 1.165) is 0 Å². The second-order valence-electron chi connectivity index (χ2n) is 3.75. The van der Waals surface area contributed by atoms with Crippen molar-refractivity contribution in [2.24, 2.45) is 0 Å². The Morgan fingerprint density at radius 1 is 1.40 bits per heavy atom. The lowest BCUT2D eigenvalue weighted by molar-refractivity contribution is -0.00489. The van der Waals surface area contributed by atoms with Crippen LogP contribution in [0.2, 0.25) is 0 Å². The summed E-state index contributed by atoms with van der Waals surface area (Å²) in [5, 5.41) is 2.74. The van der Waals surface area contributed by atoms with Crippen molar-refractivity contribution in [1.82, 2.24) is 5.32 Å². The summed E-state index contributed by atoms with van der Waals surface area (Å²) in [4.78, 5) is 0. The average molecular weight is 278 g/mol. The monoisotopic (exact) mass is 277 g/mol. The Bertz CT molecular complexity index is 326. The van der Waals surface area contributed by atoms with Crippen LogP contribution in [0.1, 0.15) is 19.4 Å². The molecule has 1 rings (SSSR count). The molecule has 0 spiro atoms. The lowest BCUT2D eigenvalue weighted by Crippen LogP contribution is -2.34.